The molecular formula is C15H23ClN4. The molecule has 0 aromatic heterocycles. The third-order valence-electron chi connectivity index (χ3n) is 3.85. The average Bonchev–Trinajstić information content (AvgIpc) is 2.41. The van der Waals surface area contributed by atoms with Crippen molar-refractivity contribution in [1.82, 2.24) is 4.90 Å². The summed E-state index contributed by atoms with van der Waals surface area (Å²) < 4.78 is 0. The lowest BCUT2D eigenvalue weighted by atomic mass is 10.1. The highest BCUT2D eigenvalue weighted by molar-refractivity contribution is 6.30. The molecule has 1 aliphatic heterocycles. The number of nitrogens with two attached hydrogens (primary N) is 1. The number of nitrogens with zero attached hydrogens (tertiary/aromatic N) is 2. The van der Waals surface area contributed by atoms with Crippen LogP contribution in [0.2, 0.25) is 5.02 Å². The molecule has 1 aliphatic rings. The topological polar surface area (TPSA) is 56.4 Å². The van der Waals surface area contributed by atoms with Crippen molar-refractivity contribution in [2.75, 3.05) is 31.1 Å². The fourth-order valence-corrected chi connectivity index (χ4v) is 2.81. The summed E-state index contributed by atoms with van der Waals surface area (Å²) in [4.78, 5) is 4.89. The minimum Gasteiger partial charge on any atom is -0.388 e. The maximum atomic E-state index is 7.26. The van der Waals surface area contributed by atoms with E-state index in [0.29, 0.717) is 12.5 Å². The van der Waals surface area contributed by atoms with Crippen molar-refractivity contribution in [2.24, 2.45) is 5.73 Å². The molecular weight excluding hydrogens is 272 g/mol. The van der Waals surface area contributed by atoms with Crippen molar-refractivity contribution < 1.29 is 0 Å². The van der Waals surface area contributed by atoms with Gasteiger partial charge in [0.2, 0.25) is 0 Å². The van der Waals surface area contributed by atoms with Crippen LogP contribution in [-0.4, -0.2) is 43.0 Å². The summed E-state index contributed by atoms with van der Waals surface area (Å²) in [5.74, 6) is 0.289. The number of amidine groups is 1. The molecule has 3 N–H and O–H groups in total. The highest BCUT2D eigenvalue weighted by Crippen LogP contribution is 2.21. The predicted octanol–water partition coefficient (Wildman–Crippen LogP) is 2.57. The Morgan fingerprint density at radius 2 is 2.05 bits per heavy atom. The molecule has 1 atom stereocenters. The molecule has 1 saturated heterocycles. The molecule has 5 heteroatoms. The van der Waals surface area contributed by atoms with Crippen molar-refractivity contribution >= 4 is 23.1 Å². The molecule has 1 aromatic carbocycles. The number of piperazine rings is 1. The lowest BCUT2D eigenvalue weighted by Crippen LogP contribution is -2.52. The normalized spacial score (nSPS) is 20.1. The number of benzene rings is 1. The summed E-state index contributed by atoms with van der Waals surface area (Å²) in [5.41, 5.74) is 6.64. The van der Waals surface area contributed by atoms with E-state index >= 15 is 0 Å². The van der Waals surface area contributed by atoms with E-state index in [1.165, 1.54) is 5.69 Å². The van der Waals surface area contributed by atoms with Crippen LogP contribution in [0.15, 0.2) is 24.3 Å². The molecule has 0 spiro atoms. The van der Waals surface area contributed by atoms with Crippen molar-refractivity contribution in [1.29, 1.82) is 5.41 Å². The van der Waals surface area contributed by atoms with Gasteiger partial charge >= 0.3 is 0 Å². The van der Waals surface area contributed by atoms with Crippen LogP contribution in [0.4, 0.5) is 5.69 Å². The highest BCUT2D eigenvalue weighted by atomic mass is 35.5. The lowest BCUT2D eigenvalue weighted by molar-refractivity contribution is 0.188. The van der Waals surface area contributed by atoms with Crippen molar-refractivity contribution in [3.8, 4) is 0 Å². The second-order valence-electron chi connectivity index (χ2n) is 5.44. The maximum Gasteiger partial charge on any atom is 0.0905 e. The van der Waals surface area contributed by atoms with Gasteiger partial charge in [-0.15, -0.1) is 0 Å². The van der Waals surface area contributed by atoms with E-state index in [9.17, 15) is 0 Å². The van der Waals surface area contributed by atoms with Crippen LogP contribution in [0.25, 0.3) is 0 Å². The summed E-state index contributed by atoms with van der Waals surface area (Å²) in [6.07, 6.45) is 1.67. The van der Waals surface area contributed by atoms with E-state index in [0.717, 1.165) is 37.6 Å². The van der Waals surface area contributed by atoms with Gasteiger partial charge in [-0.3, -0.25) is 10.3 Å². The van der Waals surface area contributed by atoms with E-state index in [2.05, 4.69) is 28.9 Å². The molecule has 110 valence electrons. The summed E-state index contributed by atoms with van der Waals surface area (Å²) in [6.45, 7) is 6.40. The van der Waals surface area contributed by atoms with Crippen molar-refractivity contribution in [2.45, 2.75) is 25.8 Å². The number of anilines is 1. The molecule has 0 unspecified atom stereocenters. The first-order chi connectivity index (χ1) is 9.56. The first-order valence-corrected chi connectivity index (χ1v) is 7.51. The van der Waals surface area contributed by atoms with Crippen LogP contribution in [0.5, 0.6) is 0 Å². The predicted molar refractivity (Wildman–Crippen MR) is 85.8 cm³/mol. The molecule has 20 heavy (non-hydrogen) atoms. The molecule has 1 aromatic rings. The van der Waals surface area contributed by atoms with Gasteiger partial charge in [-0.1, -0.05) is 11.6 Å². The van der Waals surface area contributed by atoms with Gasteiger partial charge in [-0.2, -0.15) is 0 Å². The SMILES string of the molecule is C[C@H]1CN(c2ccc(Cl)cc2)CCN1CCCC(=N)N. The Labute approximate surface area is 126 Å². The number of nitrogens with one attached hydrogen (secondary N) is 1. The zero-order valence-electron chi connectivity index (χ0n) is 12.0. The molecule has 4 nitrogen and oxygen atoms in total. The average molecular weight is 295 g/mol. The molecule has 2 rings (SSSR count). The molecule has 0 aliphatic carbocycles. The Hall–Kier alpha value is -1.26. The number of halogens is 1. The van der Waals surface area contributed by atoms with Gasteiger partial charge in [-0.25, -0.2) is 0 Å². The van der Waals surface area contributed by atoms with Gasteiger partial charge in [0, 0.05) is 42.8 Å². The quantitative estimate of drug-likeness (QED) is 0.648. The van der Waals surface area contributed by atoms with Crippen molar-refractivity contribution in [3.05, 3.63) is 29.3 Å². The van der Waals surface area contributed by atoms with Crippen LogP contribution in [0.3, 0.4) is 0 Å². The third kappa shape index (κ3) is 4.12. The van der Waals surface area contributed by atoms with Gasteiger partial charge < -0.3 is 10.6 Å². The fraction of sp³-hybridized carbons (Fsp3) is 0.533. The molecule has 0 amide bonds. The van der Waals surface area contributed by atoms with Crippen LogP contribution in [0, 0.1) is 5.41 Å². The zero-order valence-corrected chi connectivity index (χ0v) is 12.7. The monoisotopic (exact) mass is 294 g/mol. The van der Waals surface area contributed by atoms with Crippen molar-refractivity contribution in [3.63, 3.8) is 0 Å². The van der Waals surface area contributed by atoms with Crippen LogP contribution >= 0.6 is 11.6 Å². The van der Waals surface area contributed by atoms with E-state index in [-0.39, 0.29) is 5.84 Å². The molecule has 0 saturated carbocycles. The Bertz CT molecular complexity index is 446. The molecule has 0 radical (unpaired) electrons. The summed E-state index contributed by atoms with van der Waals surface area (Å²) in [5, 5.41) is 8.05. The van der Waals surface area contributed by atoms with Crippen LogP contribution < -0.4 is 10.6 Å². The minimum atomic E-state index is 0.289. The van der Waals surface area contributed by atoms with Gasteiger partial charge in [0.25, 0.3) is 0 Å². The van der Waals surface area contributed by atoms with E-state index in [1.54, 1.807) is 0 Å². The summed E-state index contributed by atoms with van der Waals surface area (Å²) in [7, 11) is 0. The van der Waals surface area contributed by atoms with E-state index in [1.807, 2.05) is 12.1 Å². The Morgan fingerprint density at radius 1 is 1.35 bits per heavy atom. The second kappa shape index (κ2) is 6.95. The van der Waals surface area contributed by atoms with E-state index in [4.69, 9.17) is 22.7 Å². The molecule has 1 fully saturated rings. The Balaban J connectivity index is 1.85. The Kier molecular flexibility index (Phi) is 5.26. The van der Waals surface area contributed by atoms with Gasteiger partial charge in [0.15, 0.2) is 0 Å². The highest BCUT2D eigenvalue weighted by Gasteiger charge is 2.23. The minimum absolute atomic E-state index is 0.289. The maximum absolute atomic E-state index is 7.26. The number of rotatable bonds is 5. The van der Waals surface area contributed by atoms with Gasteiger partial charge in [0.05, 0.1) is 5.84 Å². The summed E-state index contributed by atoms with van der Waals surface area (Å²) in [6, 6.07) is 8.58. The third-order valence-corrected chi connectivity index (χ3v) is 4.10. The standard InChI is InChI=1S/C15H23ClN4/c1-12-11-20(14-6-4-13(16)5-7-14)10-9-19(12)8-2-3-15(17)18/h4-7,12H,2-3,8-11H2,1H3,(H3,17,18)/t12-/m0/s1. The smallest absolute Gasteiger partial charge is 0.0905 e. The zero-order chi connectivity index (χ0) is 14.5. The first-order valence-electron chi connectivity index (χ1n) is 7.13. The fourth-order valence-electron chi connectivity index (χ4n) is 2.69. The number of hydrogen-bond donors (Lipinski definition) is 2. The van der Waals surface area contributed by atoms with Gasteiger partial charge in [0.1, 0.15) is 0 Å². The van der Waals surface area contributed by atoms with Crippen LogP contribution in [-0.2, 0) is 0 Å². The van der Waals surface area contributed by atoms with Gasteiger partial charge in [-0.05, 0) is 44.2 Å². The Morgan fingerprint density at radius 3 is 2.65 bits per heavy atom. The number of hydrogen-bond acceptors (Lipinski definition) is 3. The van der Waals surface area contributed by atoms with E-state index < -0.39 is 0 Å². The second-order valence-corrected chi connectivity index (χ2v) is 5.87. The molecule has 1 heterocycles. The molecule has 0 bridgehead atoms. The largest absolute Gasteiger partial charge is 0.388 e. The summed E-state index contributed by atoms with van der Waals surface area (Å²) >= 11 is 5.93. The first kappa shape index (κ1) is 15.1. The van der Waals surface area contributed by atoms with Crippen LogP contribution in [0.1, 0.15) is 19.8 Å². The lowest BCUT2D eigenvalue weighted by Gasteiger charge is -2.41.